The number of hydrogen-bond donors (Lipinski definition) is 2. The molecule has 2 N–H and O–H groups in total. The highest BCUT2D eigenvalue weighted by Crippen LogP contribution is 2.29. The molecule has 28 heavy (non-hydrogen) atoms. The highest BCUT2D eigenvalue weighted by Gasteiger charge is 2.30. The average Bonchev–Trinajstić information content (AvgIpc) is 3.09. The van der Waals surface area contributed by atoms with E-state index in [1.807, 2.05) is 18.2 Å². The van der Waals surface area contributed by atoms with Crippen LogP contribution in [0.5, 0.6) is 0 Å². The summed E-state index contributed by atoms with van der Waals surface area (Å²) >= 11 is 5.26. The third kappa shape index (κ3) is 5.82. The van der Waals surface area contributed by atoms with Crippen LogP contribution in [0.1, 0.15) is 16.7 Å². The number of halogens is 3. The normalized spacial score (nSPS) is 11.2. The highest BCUT2D eigenvalue weighted by atomic mass is 32.1. The fourth-order valence-corrected chi connectivity index (χ4v) is 2.91. The van der Waals surface area contributed by atoms with Gasteiger partial charge in [-0.15, -0.1) is 0 Å². The molecule has 0 aliphatic heterocycles. The smallest absolute Gasteiger partial charge is 0.362 e. The van der Waals surface area contributed by atoms with Gasteiger partial charge in [0.25, 0.3) is 0 Å². The topological polar surface area (TPSA) is 41.9 Å². The number of alkyl halides is 3. The first-order valence-electron chi connectivity index (χ1n) is 8.67. The molecule has 0 atom stereocenters. The average molecular weight is 404 g/mol. The Bertz CT molecular complexity index is 922. The van der Waals surface area contributed by atoms with Gasteiger partial charge in [-0.1, -0.05) is 42.5 Å². The number of aromatic nitrogens is 2. The summed E-state index contributed by atoms with van der Waals surface area (Å²) in [6, 6.07) is 15.3. The second-order valence-electron chi connectivity index (χ2n) is 6.24. The number of benzene rings is 2. The quantitative estimate of drug-likeness (QED) is 0.595. The zero-order chi connectivity index (χ0) is 20.0. The first-order chi connectivity index (χ1) is 13.4. The summed E-state index contributed by atoms with van der Waals surface area (Å²) in [4.78, 5) is 0. The summed E-state index contributed by atoms with van der Waals surface area (Å²) in [5.74, 6) is 0. The van der Waals surface area contributed by atoms with Gasteiger partial charge in [-0.05, 0) is 41.9 Å². The molecule has 3 aromatic rings. The molecule has 0 fully saturated rings. The molecule has 0 amide bonds. The van der Waals surface area contributed by atoms with Crippen LogP contribution in [0.4, 0.5) is 18.9 Å². The van der Waals surface area contributed by atoms with E-state index in [1.54, 1.807) is 23.1 Å². The Morgan fingerprint density at radius 3 is 2.54 bits per heavy atom. The van der Waals surface area contributed by atoms with Crippen LogP contribution >= 0.6 is 12.2 Å². The van der Waals surface area contributed by atoms with Crippen molar-refractivity contribution < 1.29 is 13.2 Å². The van der Waals surface area contributed by atoms with E-state index in [4.69, 9.17) is 12.2 Å². The van der Waals surface area contributed by atoms with Crippen LogP contribution in [-0.4, -0.2) is 21.4 Å². The van der Waals surface area contributed by atoms with E-state index in [0.717, 1.165) is 18.6 Å². The van der Waals surface area contributed by atoms with E-state index in [-0.39, 0.29) is 6.54 Å². The van der Waals surface area contributed by atoms with E-state index >= 15 is 0 Å². The Morgan fingerprint density at radius 2 is 1.79 bits per heavy atom. The van der Waals surface area contributed by atoms with Crippen molar-refractivity contribution in [2.24, 2.45) is 0 Å². The molecule has 0 bridgehead atoms. The van der Waals surface area contributed by atoms with Gasteiger partial charge in [0.05, 0.1) is 24.0 Å². The van der Waals surface area contributed by atoms with Gasteiger partial charge in [-0.2, -0.15) is 18.3 Å². The molecule has 0 radical (unpaired) electrons. The first kappa shape index (κ1) is 19.9. The van der Waals surface area contributed by atoms with Gasteiger partial charge < -0.3 is 10.6 Å². The van der Waals surface area contributed by atoms with Crippen LogP contribution in [-0.2, 0) is 19.1 Å². The molecule has 3 rings (SSSR count). The Labute approximate surface area is 166 Å². The fourth-order valence-electron chi connectivity index (χ4n) is 2.69. The summed E-state index contributed by atoms with van der Waals surface area (Å²) in [5, 5.41) is 10.8. The lowest BCUT2D eigenvalue weighted by molar-refractivity contribution is -0.137. The zero-order valence-corrected chi connectivity index (χ0v) is 15.7. The van der Waals surface area contributed by atoms with Crippen LogP contribution in [0.2, 0.25) is 0 Å². The molecule has 0 spiro atoms. The second kappa shape index (κ2) is 8.88. The lowest BCUT2D eigenvalue weighted by Gasteiger charge is -2.09. The minimum Gasteiger partial charge on any atom is -0.362 e. The first-order valence-corrected chi connectivity index (χ1v) is 9.08. The van der Waals surface area contributed by atoms with Crippen molar-refractivity contribution >= 4 is 23.0 Å². The summed E-state index contributed by atoms with van der Waals surface area (Å²) < 4.78 is 40.0. The third-order valence-corrected chi connectivity index (χ3v) is 4.28. The summed E-state index contributed by atoms with van der Waals surface area (Å²) in [5.41, 5.74) is 1.74. The van der Waals surface area contributed by atoms with Gasteiger partial charge >= 0.3 is 6.18 Å². The van der Waals surface area contributed by atoms with Crippen molar-refractivity contribution in [2.75, 3.05) is 11.9 Å². The van der Waals surface area contributed by atoms with Gasteiger partial charge in [-0.25, -0.2) is 0 Å². The Kier molecular flexibility index (Phi) is 6.30. The van der Waals surface area contributed by atoms with Gasteiger partial charge in [-0.3, -0.25) is 4.68 Å². The van der Waals surface area contributed by atoms with Crippen molar-refractivity contribution in [3.8, 4) is 0 Å². The molecule has 0 aliphatic carbocycles. The number of anilines is 1. The van der Waals surface area contributed by atoms with E-state index in [9.17, 15) is 13.2 Å². The fraction of sp³-hybridized carbons (Fsp3) is 0.200. The third-order valence-electron chi connectivity index (χ3n) is 4.03. The number of nitrogens with zero attached hydrogens (tertiary/aromatic N) is 2. The van der Waals surface area contributed by atoms with Crippen molar-refractivity contribution in [2.45, 2.75) is 19.1 Å². The van der Waals surface area contributed by atoms with Crippen molar-refractivity contribution in [3.05, 3.63) is 83.7 Å². The van der Waals surface area contributed by atoms with Gasteiger partial charge in [0.1, 0.15) is 0 Å². The van der Waals surface area contributed by atoms with Crippen LogP contribution < -0.4 is 10.6 Å². The molecule has 0 unspecified atom stereocenters. The largest absolute Gasteiger partial charge is 0.416 e. The molecule has 2 aromatic carbocycles. The number of rotatable bonds is 6. The van der Waals surface area contributed by atoms with Crippen molar-refractivity contribution in [1.82, 2.24) is 15.1 Å². The zero-order valence-electron chi connectivity index (χ0n) is 14.9. The minimum atomic E-state index is -4.36. The SMILES string of the molecule is FC(F)(F)c1cccc(Cn2cc(NC(=S)NCCc3ccccc3)cn2)c1. The van der Waals surface area contributed by atoms with E-state index < -0.39 is 11.7 Å². The molecule has 0 aliphatic rings. The summed E-state index contributed by atoms with van der Waals surface area (Å²) in [7, 11) is 0. The monoisotopic (exact) mass is 404 g/mol. The maximum absolute atomic E-state index is 12.8. The number of nitrogens with one attached hydrogen (secondary N) is 2. The summed E-state index contributed by atoms with van der Waals surface area (Å²) in [6.45, 7) is 0.925. The van der Waals surface area contributed by atoms with E-state index in [2.05, 4.69) is 27.9 Å². The molecular formula is C20H19F3N4S. The molecule has 0 saturated heterocycles. The van der Waals surface area contributed by atoms with Crippen LogP contribution in [0, 0.1) is 0 Å². The standard InChI is InChI=1S/C20H19F3N4S/c21-20(22,23)17-8-4-7-16(11-17)13-27-14-18(12-25-27)26-19(28)24-10-9-15-5-2-1-3-6-15/h1-8,11-12,14H,9-10,13H2,(H2,24,26,28). The van der Waals surface area contributed by atoms with Crippen LogP contribution in [0.15, 0.2) is 67.0 Å². The minimum absolute atomic E-state index is 0.236. The summed E-state index contributed by atoms with van der Waals surface area (Å²) in [6.07, 6.45) is -0.230. The molecular weight excluding hydrogens is 385 g/mol. The molecule has 1 heterocycles. The number of thiocarbonyl (C=S) groups is 1. The van der Waals surface area contributed by atoms with Gasteiger partial charge in [0.2, 0.25) is 0 Å². The Balaban J connectivity index is 1.50. The molecule has 146 valence electrons. The van der Waals surface area contributed by atoms with E-state index in [1.165, 1.54) is 11.6 Å². The second-order valence-corrected chi connectivity index (χ2v) is 6.65. The number of hydrogen-bond acceptors (Lipinski definition) is 2. The van der Waals surface area contributed by atoms with Crippen LogP contribution in [0.25, 0.3) is 0 Å². The van der Waals surface area contributed by atoms with Crippen molar-refractivity contribution in [1.29, 1.82) is 0 Å². The predicted molar refractivity (Wildman–Crippen MR) is 107 cm³/mol. The van der Waals surface area contributed by atoms with Crippen molar-refractivity contribution in [3.63, 3.8) is 0 Å². The molecule has 0 saturated carbocycles. The maximum Gasteiger partial charge on any atom is 0.416 e. The molecule has 4 nitrogen and oxygen atoms in total. The predicted octanol–water partition coefficient (Wildman–Crippen LogP) is 4.48. The van der Waals surface area contributed by atoms with Gasteiger partial charge in [0.15, 0.2) is 5.11 Å². The van der Waals surface area contributed by atoms with Gasteiger partial charge in [0, 0.05) is 12.7 Å². The Hall–Kier alpha value is -2.87. The Morgan fingerprint density at radius 1 is 1.04 bits per heavy atom. The lowest BCUT2D eigenvalue weighted by atomic mass is 10.1. The maximum atomic E-state index is 12.8. The molecule has 8 heteroatoms. The van der Waals surface area contributed by atoms with E-state index in [0.29, 0.717) is 22.9 Å². The molecule has 1 aromatic heterocycles. The van der Waals surface area contributed by atoms with Crippen LogP contribution in [0.3, 0.4) is 0 Å². The highest BCUT2D eigenvalue weighted by molar-refractivity contribution is 7.80. The lowest BCUT2D eigenvalue weighted by Crippen LogP contribution is -2.30.